The zero-order chi connectivity index (χ0) is 32.6. The summed E-state index contributed by atoms with van der Waals surface area (Å²) in [4.78, 5) is 15.8. The van der Waals surface area contributed by atoms with E-state index in [2.05, 4.69) is 119 Å². The van der Waals surface area contributed by atoms with E-state index in [-0.39, 0.29) is 40.3 Å². The van der Waals surface area contributed by atoms with Crippen molar-refractivity contribution in [2.45, 2.75) is 85.2 Å². The van der Waals surface area contributed by atoms with Gasteiger partial charge in [0, 0.05) is 28.2 Å². The third-order valence-electron chi connectivity index (χ3n) is 7.59. The second-order valence-corrected chi connectivity index (χ2v) is 12.0. The molecule has 0 saturated heterocycles. The molecule has 4 aromatic rings. The summed E-state index contributed by atoms with van der Waals surface area (Å²) in [5, 5.41) is 36.5. The van der Waals surface area contributed by atoms with E-state index in [0.29, 0.717) is 17.4 Å². The average molecular weight is 656 g/mol. The SMILES string of the molecule is CC(C)c1ccc(O)c([O-])c1C(=O)O.CC(C)c1ccccc1NC(C)c1cccc(C(C)Nc2ccccc2C(C)C)n1.[Co]. The minimum Gasteiger partial charge on any atom is -0.869 e. The summed E-state index contributed by atoms with van der Waals surface area (Å²) in [6.45, 7) is 16.8. The number of aromatic carboxylic acids is 1. The molecule has 7 nitrogen and oxygen atoms in total. The van der Waals surface area contributed by atoms with E-state index in [1.807, 2.05) is 0 Å². The van der Waals surface area contributed by atoms with Gasteiger partial charge in [-0.1, -0.05) is 95.8 Å². The minimum absolute atomic E-state index is 0. The Bertz CT molecular complexity index is 1480. The third-order valence-corrected chi connectivity index (χ3v) is 7.59. The number of para-hydroxylation sites is 2. The van der Waals surface area contributed by atoms with Gasteiger partial charge in [-0.05, 0) is 78.6 Å². The largest absolute Gasteiger partial charge is 0.869 e. The van der Waals surface area contributed by atoms with E-state index in [9.17, 15) is 9.90 Å². The molecule has 243 valence electrons. The van der Waals surface area contributed by atoms with E-state index in [1.165, 1.54) is 34.6 Å². The zero-order valence-electron chi connectivity index (χ0n) is 27.4. The van der Waals surface area contributed by atoms with E-state index in [4.69, 9.17) is 15.2 Å². The molecule has 8 heteroatoms. The first kappa shape index (κ1) is 37.2. The van der Waals surface area contributed by atoms with Gasteiger partial charge in [-0.3, -0.25) is 4.98 Å². The monoisotopic (exact) mass is 655 g/mol. The number of carboxylic acids is 1. The summed E-state index contributed by atoms with van der Waals surface area (Å²) in [6.07, 6.45) is 0. The van der Waals surface area contributed by atoms with Gasteiger partial charge in [-0.25, -0.2) is 4.79 Å². The number of phenols is 1. The number of hydrogen-bond donors (Lipinski definition) is 4. The molecule has 2 atom stereocenters. The van der Waals surface area contributed by atoms with E-state index < -0.39 is 17.5 Å². The maximum Gasteiger partial charge on any atom is 0.335 e. The summed E-state index contributed by atoms with van der Waals surface area (Å²) in [7, 11) is 0. The molecule has 4 rings (SSSR count). The first-order valence-corrected chi connectivity index (χ1v) is 15.3. The maximum absolute atomic E-state index is 11.3. The van der Waals surface area contributed by atoms with Gasteiger partial charge in [-0.15, -0.1) is 0 Å². The van der Waals surface area contributed by atoms with Crippen LogP contribution in [-0.4, -0.2) is 21.2 Å². The van der Waals surface area contributed by atoms with Crippen LogP contribution in [0.15, 0.2) is 78.9 Å². The Morgan fingerprint density at radius 3 is 1.47 bits per heavy atom. The van der Waals surface area contributed by atoms with E-state index in [0.717, 1.165) is 11.4 Å². The summed E-state index contributed by atoms with van der Waals surface area (Å²) in [5.41, 5.74) is 7.25. The van der Waals surface area contributed by atoms with Crippen molar-refractivity contribution in [2.75, 3.05) is 10.6 Å². The number of rotatable bonds is 10. The number of aromatic hydroxyl groups is 1. The molecule has 1 radical (unpaired) electrons. The Labute approximate surface area is 278 Å². The number of nitrogens with one attached hydrogen (secondary N) is 2. The Balaban J connectivity index is 0.000000396. The molecule has 4 N–H and O–H groups in total. The number of benzene rings is 3. The van der Waals surface area contributed by atoms with Crippen molar-refractivity contribution in [3.63, 3.8) is 0 Å². The molecular weight excluding hydrogens is 609 g/mol. The van der Waals surface area contributed by atoms with Crippen molar-refractivity contribution >= 4 is 17.3 Å². The average Bonchev–Trinajstić information content (AvgIpc) is 2.98. The predicted octanol–water partition coefficient (Wildman–Crippen LogP) is 8.96. The van der Waals surface area contributed by atoms with Gasteiger partial charge in [-0.2, -0.15) is 0 Å². The number of aromatic nitrogens is 1. The Morgan fingerprint density at radius 1 is 0.644 bits per heavy atom. The predicted molar refractivity (Wildman–Crippen MR) is 178 cm³/mol. The molecule has 0 aliphatic rings. The van der Waals surface area contributed by atoms with Gasteiger partial charge in [0.2, 0.25) is 0 Å². The molecule has 0 aliphatic carbocycles. The van der Waals surface area contributed by atoms with Gasteiger partial charge in [0.15, 0.2) is 0 Å². The first-order valence-electron chi connectivity index (χ1n) is 15.3. The summed E-state index contributed by atoms with van der Waals surface area (Å²) < 4.78 is 0. The number of carboxylic acid groups (broad SMARTS) is 1. The smallest absolute Gasteiger partial charge is 0.335 e. The van der Waals surface area contributed by atoms with Gasteiger partial charge in [0.1, 0.15) is 5.75 Å². The van der Waals surface area contributed by atoms with Crippen molar-refractivity contribution in [1.29, 1.82) is 0 Å². The van der Waals surface area contributed by atoms with Crippen molar-refractivity contribution in [3.05, 3.63) is 113 Å². The Morgan fingerprint density at radius 2 is 1.07 bits per heavy atom. The molecule has 0 amide bonds. The Kier molecular flexibility index (Phi) is 14.0. The fourth-order valence-electron chi connectivity index (χ4n) is 5.12. The molecule has 0 bridgehead atoms. The minimum atomic E-state index is -1.30. The number of phenolic OH excluding ortho intramolecular Hbond substituents is 1. The summed E-state index contributed by atoms with van der Waals surface area (Å²) >= 11 is 0. The molecule has 45 heavy (non-hydrogen) atoms. The summed E-state index contributed by atoms with van der Waals surface area (Å²) in [6, 6.07) is 26.3. The second-order valence-electron chi connectivity index (χ2n) is 12.0. The van der Waals surface area contributed by atoms with Crippen molar-refractivity contribution in [1.82, 2.24) is 4.98 Å². The topological polar surface area (TPSA) is 118 Å². The summed E-state index contributed by atoms with van der Waals surface area (Å²) in [5.74, 6) is -1.74. The zero-order valence-corrected chi connectivity index (χ0v) is 28.4. The van der Waals surface area contributed by atoms with Crippen LogP contribution in [0.1, 0.15) is 124 Å². The molecule has 2 unspecified atom stereocenters. The number of pyridine rings is 1. The van der Waals surface area contributed by atoms with Gasteiger partial charge >= 0.3 is 5.97 Å². The van der Waals surface area contributed by atoms with Gasteiger partial charge in [0.25, 0.3) is 0 Å². The fourth-order valence-corrected chi connectivity index (χ4v) is 5.12. The molecular formula is C37H46CoN3O4-. The molecule has 1 heterocycles. The first-order chi connectivity index (χ1) is 20.8. The Hall–Kier alpha value is -4.01. The maximum atomic E-state index is 11.3. The van der Waals surface area contributed by atoms with Crippen LogP contribution < -0.4 is 15.7 Å². The standard InChI is InChI=1S/C27H35N3.C10H12O4.Co/c1-18(2)22-12-7-9-14-26(22)28-20(5)24-16-11-17-25(30-24)21(6)29-27-15-10-8-13-23(27)19(3)4;1-5(2)6-3-4-7(11)9(12)8(6)10(13)14;/h7-21,28-29H,1-6H3;3-5,11-12H,1-2H3,(H,13,14);/p-1. The number of nitrogens with zero attached hydrogens (tertiary/aromatic N) is 1. The van der Waals surface area contributed by atoms with E-state index in [1.54, 1.807) is 13.8 Å². The second kappa shape index (κ2) is 16.9. The number of anilines is 2. The van der Waals surface area contributed by atoms with Crippen LogP contribution in [0.5, 0.6) is 11.5 Å². The van der Waals surface area contributed by atoms with Crippen LogP contribution in [0.4, 0.5) is 11.4 Å². The molecule has 0 saturated carbocycles. The molecule has 0 fully saturated rings. The van der Waals surface area contributed by atoms with Crippen molar-refractivity contribution < 1.29 is 36.9 Å². The van der Waals surface area contributed by atoms with Crippen molar-refractivity contribution in [2.24, 2.45) is 0 Å². The van der Waals surface area contributed by atoms with Gasteiger partial charge < -0.3 is 26.0 Å². The molecule has 0 spiro atoms. The molecule has 1 aromatic heterocycles. The van der Waals surface area contributed by atoms with Crippen molar-refractivity contribution in [3.8, 4) is 11.5 Å². The van der Waals surface area contributed by atoms with Crippen LogP contribution in [0.3, 0.4) is 0 Å². The van der Waals surface area contributed by atoms with Crippen LogP contribution in [-0.2, 0) is 16.8 Å². The van der Waals surface area contributed by atoms with E-state index >= 15 is 0 Å². The van der Waals surface area contributed by atoms with Crippen LogP contribution in [0.2, 0.25) is 0 Å². The normalized spacial score (nSPS) is 12.2. The quantitative estimate of drug-likeness (QED) is 0.135. The van der Waals surface area contributed by atoms with Crippen LogP contribution in [0.25, 0.3) is 0 Å². The number of carbonyl (C=O) groups is 1. The van der Waals surface area contributed by atoms with Crippen LogP contribution in [0, 0.1) is 0 Å². The fraction of sp³-hybridized carbons (Fsp3) is 0.351. The van der Waals surface area contributed by atoms with Gasteiger partial charge in [0.05, 0.1) is 29.0 Å². The molecule has 0 aliphatic heterocycles. The number of hydrogen-bond acceptors (Lipinski definition) is 6. The molecule has 3 aromatic carbocycles. The van der Waals surface area contributed by atoms with Crippen LogP contribution >= 0.6 is 0 Å². The third kappa shape index (κ3) is 9.74.